The van der Waals surface area contributed by atoms with Crippen LogP contribution in [0.4, 0.5) is 5.95 Å². The number of methoxy groups -OCH3 is 1. The molecular weight excluding hydrogens is 781 g/mol. The maximum Gasteiger partial charge on any atom is 0.298 e. The lowest BCUT2D eigenvalue weighted by molar-refractivity contribution is 0.0980. The number of fused-ring (bicyclic) bond motifs is 2. The van der Waals surface area contributed by atoms with Crippen molar-refractivity contribution in [1.29, 1.82) is 0 Å². The summed E-state index contributed by atoms with van der Waals surface area (Å²) in [5.41, 5.74) is 16.4. The standard InChI is InChI=1S/C43H54N12O6/c1-10-54-31(19-25(3)49-54)39(58)47-41-46-29-21-27(37(44)56)24-34(61-18-14-15-43(5,6)7)35(29)52(41)16-12-13-17-53-36-30(22-28(38(45)57)23-33(36)60-9)51(8)42(53)48-40(59)32-20-26(4)50-55(32)11-2/h12-13,19-24H,10-11,14-18H2,1-9H3,(H2,44,56)(H2,45,57)(H,46,47,58)/b13-12+,48-42+. The molecule has 5 N–H and O–H groups in total. The Morgan fingerprint density at radius 3 is 2.02 bits per heavy atom. The van der Waals surface area contributed by atoms with Gasteiger partial charge in [-0.1, -0.05) is 32.9 Å². The van der Waals surface area contributed by atoms with Gasteiger partial charge in [0.2, 0.25) is 23.4 Å². The summed E-state index contributed by atoms with van der Waals surface area (Å²) in [6, 6.07) is 9.74. The van der Waals surface area contributed by atoms with Crippen molar-refractivity contribution in [3.05, 3.63) is 88.1 Å². The summed E-state index contributed by atoms with van der Waals surface area (Å²) in [5.74, 6) is -1.28. The third kappa shape index (κ3) is 9.27. The van der Waals surface area contributed by atoms with Crippen LogP contribution in [-0.4, -0.2) is 75.6 Å². The van der Waals surface area contributed by atoms with E-state index in [1.807, 2.05) is 32.9 Å². The number of allylic oxidation sites excluding steroid dienone is 2. The first-order valence-electron chi connectivity index (χ1n) is 20.1. The maximum atomic E-state index is 13.8. The largest absolute Gasteiger partial charge is 0.494 e. The lowest BCUT2D eigenvalue weighted by Gasteiger charge is -2.18. The van der Waals surface area contributed by atoms with Crippen LogP contribution in [-0.2, 0) is 33.2 Å². The van der Waals surface area contributed by atoms with Crippen molar-refractivity contribution in [2.75, 3.05) is 19.0 Å². The summed E-state index contributed by atoms with van der Waals surface area (Å²) in [5, 5.41) is 11.8. The quantitative estimate of drug-likeness (QED) is 0.0876. The number of rotatable bonds is 16. The number of aryl methyl sites for hydroxylation is 5. The fraction of sp³-hybridized carbons (Fsp3) is 0.395. The molecular formula is C43H54N12O6. The molecule has 0 aliphatic heterocycles. The number of carbonyl (C=O) groups is 4. The normalized spacial score (nSPS) is 12.2. The lowest BCUT2D eigenvalue weighted by atomic mass is 9.91. The molecule has 61 heavy (non-hydrogen) atoms. The number of hydrogen-bond acceptors (Lipinski definition) is 9. The summed E-state index contributed by atoms with van der Waals surface area (Å²) >= 11 is 0. The third-order valence-corrected chi connectivity index (χ3v) is 10.2. The predicted octanol–water partition coefficient (Wildman–Crippen LogP) is 5.04. The first-order valence-corrected chi connectivity index (χ1v) is 20.1. The average Bonchev–Trinajstić information content (AvgIpc) is 3.95. The molecule has 2 aromatic carbocycles. The van der Waals surface area contributed by atoms with Crippen molar-refractivity contribution >= 4 is 51.6 Å². The minimum Gasteiger partial charge on any atom is -0.494 e. The zero-order chi connectivity index (χ0) is 44.3. The van der Waals surface area contributed by atoms with E-state index in [0.717, 1.165) is 12.8 Å². The molecule has 0 unspecified atom stereocenters. The molecule has 0 radical (unpaired) electrons. The molecule has 0 saturated heterocycles. The maximum absolute atomic E-state index is 13.8. The Morgan fingerprint density at radius 1 is 0.820 bits per heavy atom. The number of primary amides is 2. The number of nitrogens with one attached hydrogen (secondary N) is 1. The van der Waals surface area contributed by atoms with Gasteiger partial charge in [0.25, 0.3) is 11.8 Å². The fourth-order valence-corrected chi connectivity index (χ4v) is 7.26. The average molecular weight is 835 g/mol. The number of ether oxygens (including phenoxy) is 2. The number of nitrogens with two attached hydrogens (primary N) is 2. The van der Waals surface area contributed by atoms with Gasteiger partial charge in [-0.3, -0.25) is 33.9 Å². The molecule has 0 spiro atoms. The molecule has 0 saturated carbocycles. The van der Waals surface area contributed by atoms with Gasteiger partial charge in [0, 0.05) is 44.4 Å². The first-order chi connectivity index (χ1) is 28.9. The molecule has 4 aromatic heterocycles. The lowest BCUT2D eigenvalue weighted by Crippen LogP contribution is -2.26. The number of aromatic nitrogens is 8. The van der Waals surface area contributed by atoms with Crippen LogP contribution in [0.1, 0.15) is 101 Å². The van der Waals surface area contributed by atoms with Crippen LogP contribution in [0.2, 0.25) is 0 Å². The van der Waals surface area contributed by atoms with Crippen molar-refractivity contribution in [3.63, 3.8) is 0 Å². The van der Waals surface area contributed by atoms with Gasteiger partial charge in [-0.15, -0.1) is 0 Å². The molecule has 0 fully saturated rings. The SMILES string of the molecule is CCn1nc(C)cc1C(=O)/N=c1\n(C)c2cc(C(N)=O)cc(OC)c2n1C/C=C/Cn1c(NC(=O)c2cc(C)nn2CC)nc2cc(C(N)=O)cc(OCCCC(C)(C)C)c21. The van der Waals surface area contributed by atoms with E-state index in [1.165, 1.54) is 7.11 Å². The molecule has 0 atom stereocenters. The number of amides is 4. The zero-order valence-corrected chi connectivity index (χ0v) is 36.2. The minimum atomic E-state index is -0.650. The van der Waals surface area contributed by atoms with Crippen LogP contribution in [0.25, 0.3) is 22.1 Å². The number of imidazole rings is 2. The van der Waals surface area contributed by atoms with E-state index in [-0.39, 0.29) is 41.2 Å². The van der Waals surface area contributed by atoms with Crippen LogP contribution >= 0.6 is 0 Å². The monoisotopic (exact) mass is 834 g/mol. The number of hydrogen-bond donors (Lipinski definition) is 3. The van der Waals surface area contributed by atoms with Crippen LogP contribution in [0, 0.1) is 19.3 Å². The summed E-state index contributed by atoms with van der Waals surface area (Å²) < 4.78 is 20.6. The summed E-state index contributed by atoms with van der Waals surface area (Å²) in [7, 11) is 3.22. The van der Waals surface area contributed by atoms with E-state index in [9.17, 15) is 19.2 Å². The highest BCUT2D eigenvalue weighted by Crippen LogP contribution is 2.32. The Bertz CT molecular complexity index is 2770. The Labute approximate surface area is 352 Å². The summed E-state index contributed by atoms with van der Waals surface area (Å²) in [6.07, 6.45) is 5.41. The molecule has 6 rings (SSSR count). The van der Waals surface area contributed by atoms with Gasteiger partial charge >= 0.3 is 0 Å². The van der Waals surface area contributed by atoms with Gasteiger partial charge in [-0.2, -0.15) is 15.2 Å². The summed E-state index contributed by atoms with van der Waals surface area (Å²) in [6.45, 7) is 15.6. The zero-order valence-electron chi connectivity index (χ0n) is 36.2. The highest BCUT2D eigenvalue weighted by Gasteiger charge is 2.23. The molecule has 6 aromatic rings. The van der Waals surface area contributed by atoms with Crippen LogP contribution in [0.15, 0.2) is 53.5 Å². The number of carbonyl (C=O) groups excluding carboxylic acids is 4. The molecule has 18 nitrogen and oxygen atoms in total. The van der Waals surface area contributed by atoms with Gasteiger partial charge in [-0.05, 0) is 82.3 Å². The third-order valence-electron chi connectivity index (χ3n) is 10.2. The van der Waals surface area contributed by atoms with Crippen molar-refractivity contribution in [3.8, 4) is 11.5 Å². The smallest absolute Gasteiger partial charge is 0.298 e. The minimum absolute atomic E-state index is 0.0922. The number of anilines is 1. The van der Waals surface area contributed by atoms with Gasteiger partial charge in [0.05, 0.1) is 36.1 Å². The van der Waals surface area contributed by atoms with E-state index < -0.39 is 23.6 Å². The summed E-state index contributed by atoms with van der Waals surface area (Å²) in [4.78, 5) is 61.8. The van der Waals surface area contributed by atoms with E-state index in [0.29, 0.717) is 76.0 Å². The second-order valence-electron chi connectivity index (χ2n) is 16.0. The van der Waals surface area contributed by atoms with Gasteiger partial charge in [0.1, 0.15) is 33.9 Å². The van der Waals surface area contributed by atoms with E-state index in [4.69, 9.17) is 25.9 Å². The van der Waals surface area contributed by atoms with E-state index in [2.05, 4.69) is 41.3 Å². The van der Waals surface area contributed by atoms with Crippen molar-refractivity contribution < 1.29 is 28.7 Å². The first kappa shape index (κ1) is 43.6. The Morgan fingerprint density at radius 2 is 1.41 bits per heavy atom. The second-order valence-corrected chi connectivity index (χ2v) is 16.0. The topological polar surface area (TPSA) is 226 Å². The number of nitrogens with zero attached hydrogens (tertiary/aromatic N) is 9. The molecule has 322 valence electrons. The molecule has 4 amide bonds. The van der Waals surface area contributed by atoms with Crippen LogP contribution in [0.3, 0.4) is 0 Å². The van der Waals surface area contributed by atoms with Crippen LogP contribution in [0.5, 0.6) is 11.5 Å². The van der Waals surface area contributed by atoms with Crippen molar-refractivity contribution in [1.82, 2.24) is 38.2 Å². The second kappa shape index (κ2) is 17.7. The van der Waals surface area contributed by atoms with Crippen LogP contribution < -0.4 is 31.9 Å². The molecule has 18 heteroatoms. The molecule has 0 aliphatic rings. The molecule has 4 heterocycles. The van der Waals surface area contributed by atoms with E-state index in [1.54, 1.807) is 73.4 Å². The molecule has 0 bridgehead atoms. The van der Waals surface area contributed by atoms with Crippen molar-refractivity contribution in [2.24, 2.45) is 28.9 Å². The Hall–Kier alpha value is -6.98. The number of benzene rings is 2. The Kier molecular flexibility index (Phi) is 12.7. The molecule has 0 aliphatic carbocycles. The van der Waals surface area contributed by atoms with Gasteiger partial charge < -0.3 is 34.6 Å². The Balaban J connectivity index is 1.46. The van der Waals surface area contributed by atoms with Gasteiger partial charge in [-0.25, -0.2) is 4.98 Å². The highest BCUT2D eigenvalue weighted by atomic mass is 16.5. The predicted molar refractivity (Wildman–Crippen MR) is 231 cm³/mol. The van der Waals surface area contributed by atoms with Gasteiger partial charge in [0.15, 0.2) is 0 Å². The highest BCUT2D eigenvalue weighted by molar-refractivity contribution is 6.04. The van der Waals surface area contributed by atoms with Crippen molar-refractivity contribution in [2.45, 2.75) is 87.5 Å². The van der Waals surface area contributed by atoms with E-state index >= 15 is 0 Å². The fourth-order valence-electron chi connectivity index (χ4n) is 7.26.